The molecule has 4 saturated carbocycles. The van der Waals surface area contributed by atoms with Crippen LogP contribution in [0.3, 0.4) is 0 Å². The van der Waals surface area contributed by atoms with E-state index in [1.807, 2.05) is 21.0 Å². The average molecular weight is 377 g/mol. The second-order valence-electron chi connectivity index (χ2n) is 10.9. The Kier molecular flexibility index (Phi) is 7.37. The zero-order chi connectivity index (χ0) is 19.6. The standard InChI is InChI=1S/C24H42O.C2H6/c1-16-7-9-19-18(14-16)8-10-21-20(19)11-12-24(3)22(6-5-13-25-4)17(2)15-23(21)24;1-2/h16-23H,5-15H2,1-4H3;1-2H3. The maximum absolute atomic E-state index is 5.36. The summed E-state index contributed by atoms with van der Waals surface area (Å²) >= 11 is 0. The summed E-state index contributed by atoms with van der Waals surface area (Å²) < 4.78 is 5.36. The third kappa shape index (κ3) is 4.01. The Morgan fingerprint density at radius 2 is 1.63 bits per heavy atom. The highest BCUT2D eigenvalue weighted by molar-refractivity contribution is 5.07. The van der Waals surface area contributed by atoms with Crippen LogP contribution in [0.15, 0.2) is 0 Å². The van der Waals surface area contributed by atoms with Crippen molar-refractivity contribution in [3.8, 4) is 0 Å². The van der Waals surface area contributed by atoms with Crippen LogP contribution in [0.1, 0.15) is 98.8 Å². The van der Waals surface area contributed by atoms with Crippen molar-refractivity contribution in [3.63, 3.8) is 0 Å². The number of methoxy groups -OCH3 is 1. The van der Waals surface area contributed by atoms with Gasteiger partial charge in [-0.15, -0.1) is 0 Å². The SMILES string of the molecule is CC.COCCCC1C(C)CC2C3CCC4CC(C)CCC4C3CCC12C. The van der Waals surface area contributed by atoms with E-state index < -0.39 is 0 Å². The summed E-state index contributed by atoms with van der Waals surface area (Å²) in [6.45, 7) is 12.7. The van der Waals surface area contributed by atoms with Crippen LogP contribution < -0.4 is 0 Å². The fourth-order valence-corrected chi connectivity index (χ4v) is 8.62. The van der Waals surface area contributed by atoms with Crippen LogP contribution in [-0.4, -0.2) is 13.7 Å². The first-order chi connectivity index (χ1) is 13.0. The molecule has 0 N–H and O–H groups in total. The van der Waals surface area contributed by atoms with Gasteiger partial charge in [0, 0.05) is 13.7 Å². The van der Waals surface area contributed by atoms with Gasteiger partial charge in [-0.3, -0.25) is 0 Å². The first kappa shape index (κ1) is 21.7. The molecule has 27 heavy (non-hydrogen) atoms. The Balaban J connectivity index is 0.00000102. The maximum Gasteiger partial charge on any atom is 0.0462 e. The van der Waals surface area contributed by atoms with Crippen LogP contribution in [-0.2, 0) is 4.74 Å². The van der Waals surface area contributed by atoms with Gasteiger partial charge in [-0.25, -0.2) is 0 Å². The molecule has 9 unspecified atom stereocenters. The molecule has 4 rings (SSSR count). The lowest BCUT2D eigenvalue weighted by Crippen LogP contribution is -2.48. The molecule has 0 saturated heterocycles. The van der Waals surface area contributed by atoms with Gasteiger partial charge in [-0.1, -0.05) is 41.0 Å². The Morgan fingerprint density at radius 1 is 0.889 bits per heavy atom. The average Bonchev–Trinajstić information content (AvgIpc) is 2.93. The van der Waals surface area contributed by atoms with Crippen molar-refractivity contribution in [1.29, 1.82) is 0 Å². The molecule has 0 aromatic heterocycles. The molecule has 0 aliphatic heterocycles. The zero-order valence-corrected chi connectivity index (χ0v) is 19.3. The number of rotatable bonds is 4. The summed E-state index contributed by atoms with van der Waals surface area (Å²) in [5, 5.41) is 0. The fourth-order valence-electron chi connectivity index (χ4n) is 8.62. The molecule has 1 nitrogen and oxygen atoms in total. The van der Waals surface area contributed by atoms with Gasteiger partial charge in [0.05, 0.1) is 0 Å². The van der Waals surface area contributed by atoms with E-state index in [1.165, 1.54) is 32.1 Å². The van der Waals surface area contributed by atoms with Crippen LogP contribution in [0.25, 0.3) is 0 Å². The first-order valence-electron chi connectivity index (χ1n) is 12.5. The van der Waals surface area contributed by atoms with Gasteiger partial charge in [0.1, 0.15) is 0 Å². The molecular weight excluding hydrogens is 328 g/mol. The predicted octanol–water partition coefficient (Wildman–Crippen LogP) is 7.59. The molecule has 0 spiro atoms. The molecule has 0 aromatic carbocycles. The topological polar surface area (TPSA) is 9.23 Å². The summed E-state index contributed by atoms with van der Waals surface area (Å²) in [5.41, 5.74) is 0.642. The summed E-state index contributed by atoms with van der Waals surface area (Å²) in [7, 11) is 1.86. The van der Waals surface area contributed by atoms with E-state index in [-0.39, 0.29) is 0 Å². The van der Waals surface area contributed by atoms with Gasteiger partial charge in [-0.2, -0.15) is 0 Å². The maximum atomic E-state index is 5.36. The van der Waals surface area contributed by atoms with Gasteiger partial charge in [-0.05, 0) is 111 Å². The molecular formula is C26H48O. The molecule has 4 fully saturated rings. The van der Waals surface area contributed by atoms with Gasteiger partial charge in [0.2, 0.25) is 0 Å². The van der Waals surface area contributed by atoms with E-state index in [0.29, 0.717) is 5.41 Å². The van der Waals surface area contributed by atoms with E-state index in [9.17, 15) is 0 Å². The minimum absolute atomic E-state index is 0.642. The zero-order valence-electron chi connectivity index (χ0n) is 19.3. The lowest BCUT2D eigenvalue weighted by Gasteiger charge is -2.56. The second-order valence-corrected chi connectivity index (χ2v) is 10.9. The molecule has 4 aliphatic rings. The highest BCUT2D eigenvalue weighted by atomic mass is 16.5. The summed E-state index contributed by atoms with van der Waals surface area (Å²) in [4.78, 5) is 0. The predicted molar refractivity (Wildman–Crippen MR) is 117 cm³/mol. The van der Waals surface area contributed by atoms with Crippen molar-refractivity contribution in [2.45, 2.75) is 98.8 Å². The van der Waals surface area contributed by atoms with Crippen LogP contribution in [0, 0.1) is 52.8 Å². The van der Waals surface area contributed by atoms with E-state index in [0.717, 1.165) is 54.0 Å². The monoisotopic (exact) mass is 376 g/mol. The Bertz CT molecular complexity index is 459. The lowest BCUT2D eigenvalue weighted by molar-refractivity contribution is -0.0687. The van der Waals surface area contributed by atoms with Crippen molar-refractivity contribution in [1.82, 2.24) is 0 Å². The van der Waals surface area contributed by atoms with E-state index in [2.05, 4.69) is 20.8 Å². The molecule has 1 heteroatoms. The second kappa shape index (κ2) is 9.19. The normalized spacial score (nSPS) is 48.7. The molecule has 9 atom stereocenters. The molecule has 0 bridgehead atoms. The number of hydrogen-bond donors (Lipinski definition) is 0. The summed E-state index contributed by atoms with van der Waals surface area (Å²) in [6.07, 6.45) is 15.0. The van der Waals surface area contributed by atoms with Crippen molar-refractivity contribution in [2.75, 3.05) is 13.7 Å². The third-order valence-electron chi connectivity index (χ3n) is 9.68. The molecule has 0 amide bonds. The van der Waals surface area contributed by atoms with Crippen LogP contribution in [0.4, 0.5) is 0 Å². The molecule has 0 radical (unpaired) electrons. The van der Waals surface area contributed by atoms with Crippen molar-refractivity contribution in [2.24, 2.45) is 52.8 Å². The van der Waals surface area contributed by atoms with Crippen molar-refractivity contribution >= 4 is 0 Å². The Hall–Kier alpha value is -0.0400. The number of ether oxygens (including phenoxy) is 1. The van der Waals surface area contributed by atoms with Gasteiger partial charge in [0.25, 0.3) is 0 Å². The van der Waals surface area contributed by atoms with Crippen molar-refractivity contribution < 1.29 is 4.74 Å². The van der Waals surface area contributed by atoms with E-state index in [1.54, 1.807) is 32.1 Å². The highest BCUT2D eigenvalue weighted by Crippen LogP contribution is 2.66. The van der Waals surface area contributed by atoms with Gasteiger partial charge in [0.15, 0.2) is 0 Å². The highest BCUT2D eigenvalue weighted by Gasteiger charge is 2.58. The summed E-state index contributed by atoms with van der Waals surface area (Å²) in [5.74, 6) is 8.29. The van der Waals surface area contributed by atoms with Crippen LogP contribution in [0.5, 0.6) is 0 Å². The summed E-state index contributed by atoms with van der Waals surface area (Å²) in [6, 6.07) is 0. The Labute approximate surface area is 170 Å². The minimum Gasteiger partial charge on any atom is -0.385 e. The molecule has 0 heterocycles. The number of hydrogen-bond acceptors (Lipinski definition) is 1. The van der Waals surface area contributed by atoms with Crippen LogP contribution >= 0.6 is 0 Å². The molecule has 4 aliphatic carbocycles. The van der Waals surface area contributed by atoms with E-state index in [4.69, 9.17) is 4.74 Å². The fraction of sp³-hybridized carbons (Fsp3) is 1.00. The quantitative estimate of drug-likeness (QED) is 0.459. The lowest BCUT2D eigenvalue weighted by atomic mass is 9.49. The van der Waals surface area contributed by atoms with Crippen LogP contribution in [0.2, 0.25) is 0 Å². The van der Waals surface area contributed by atoms with Gasteiger partial charge >= 0.3 is 0 Å². The Morgan fingerprint density at radius 3 is 2.37 bits per heavy atom. The van der Waals surface area contributed by atoms with Gasteiger partial charge < -0.3 is 4.74 Å². The molecule has 0 aromatic rings. The molecule has 158 valence electrons. The third-order valence-corrected chi connectivity index (χ3v) is 9.68. The van der Waals surface area contributed by atoms with Crippen molar-refractivity contribution in [3.05, 3.63) is 0 Å². The largest absolute Gasteiger partial charge is 0.385 e. The number of fused-ring (bicyclic) bond motifs is 5. The smallest absolute Gasteiger partial charge is 0.0462 e. The first-order valence-corrected chi connectivity index (χ1v) is 12.5. The van der Waals surface area contributed by atoms with E-state index >= 15 is 0 Å². The minimum atomic E-state index is 0.642.